The zero-order valence-corrected chi connectivity index (χ0v) is 12.2. The van der Waals surface area contributed by atoms with Crippen LogP contribution in [0.3, 0.4) is 0 Å². The van der Waals surface area contributed by atoms with Crippen molar-refractivity contribution in [2.45, 2.75) is 19.3 Å². The SMILES string of the molecule is NS(=O)(=O)CC1CC(=O)N(CCCc2ccccc2)C1. The fraction of sp³-hybridized carbons (Fsp3) is 0.500. The summed E-state index contributed by atoms with van der Waals surface area (Å²) in [6.45, 7) is 1.18. The number of carbonyl (C=O) groups is 1. The molecule has 1 amide bonds. The predicted octanol–water partition coefficient (Wildman–Crippen LogP) is 0.756. The standard InChI is InChI=1S/C14H20N2O3S/c15-20(18,19)11-13-9-14(17)16(10-13)8-4-7-12-5-2-1-3-6-12/h1-3,5-6,13H,4,7-11H2,(H2,15,18,19). The van der Waals surface area contributed by atoms with Crippen LogP contribution in [0.4, 0.5) is 0 Å². The van der Waals surface area contributed by atoms with Gasteiger partial charge < -0.3 is 4.90 Å². The number of benzene rings is 1. The molecular weight excluding hydrogens is 276 g/mol. The van der Waals surface area contributed by atoms with Crippen LogP contribution in [0.15, 0.2) is 30.3 Å². The molecule has 2 rings (SSSR count). The number of carbonyl (C=O) groups excluding carboxylic acids is 1. The van der Waals surface area contributed by atoms with E-state index in [0.717, 1.165) is 12.8 Å². The number of likely N-dealkylation sites (tertiary alicyclic amines) is 1. The maximum atomic E-state index is 11.8. The molecule has 1 fully saturated rings. The summed E-state index contributed by atoms with van der Waals surface area (Å²) >= 11 is 0. The van der Waals surface area contributed by atoms with Crippen LogP contribution in [0.25, 0.3) is 0 Å². The van der Waals surface area contributed by atoms with E-state index < -0.39 is 10.0 Å². The monoisotopic (exact) mass is 296 g/mol. The molecule has 110 valence electrons. The Morgan fingerprint density at radius 1 is 1.25 bits per heavy atom. The van der Waals surface area contributed by atoms with Gasteiger partial charge in [0, 0.05) is 25.4 Å². The third-order valence-corrected chi connectivity index (χ3v) is 4.43. The lowest BCUT2D eigenvalue weighted by molar-refractivity contribution is -0.127. The largest absolute Gasteiger partial charge is 0.342 e. The number of aryl methyl sites for hydroxylation is 1. The van der Waals surface area contributed by atoms with Crippen molar-refractivity contribution < 1.29 is 13.2 Å². The van der Waals surface area contributed by atoms with Crippen molar-refractivity contribution in [1.29, 1.82) is 0 Å². The third kappa shape index (κ3) is 4.61. The maximum absolute atomic E-state index is 11.8. The van der Waals surface area contributed by atoms with Crippen molar-refractivity contribution in [3.05, 3.63) is 35.9 Å². The quantitative estimate of drug-likeness (QED) is 0.841. The smallest absolute Gasteiger partial charge is 0.222 e. The molecule has 0 saturated carbocycles. The minimum absolute atomic E-state index is 0.0340. The number of sulfonamides is 1. The lowest BCUT2D eigenvalue weighted by atomic mass is 10.1. The average molecular weight is 296 g/mol. The van der Waals surface area contributed by atoms with E-state index in [0.29, 0.717) is 19.5 Å². The summed E-state index contributed by atoms with van der Waals surface area (Å²) in [6.07, 6.45) is 2.10. The van der Waals surface area contributed by atoms with E-state index >= 15 is 0 Å². The number of nitrogens with two attached hydrogens (primary N) is 1. The van der Waals surface area contributed by atoms with Crippen molar-refractivity contribution >= 4 is 15.9 Å². The van der Waals surface area contributed by atoms with Crippen LogP contribution in [-0.4, -0.2) is 38.1 Å². The molecule has 1 atom stereocenters. The van der Waals surface area contributed by atoms with Gasteiger partial charge in [-0.2, -0.15) is 0 Å². The summed E-state index contributed by atoms with van der Waals surface area (Å²) in [4.78, 5) is 13.6. The molecule has 1 aromatic rings. The Balaban J connectivity index is 1.78. The molecule has 1 saturated heterocycles. The normalized spacial score (nSPS) is 19.6. The molecule has 0 aliphatic carbocycles. The number of hydrogen-bond acceptors (Lipinski definition) is 3. The molecule has 1 aromatic carbocycles. The number of nitrogens with zero attached hydrogens (tertiary/aromatic N) is 1. The van der Waals surface area contributed by atoms with Gasteiger partial charge in [0.15, 0.2) is 0 Å². The van der Waals surface area contributed by atoms with E-state index in [1.165, 1.54) is 5.56 Å². The fourth-order valence-electron chi connectivity index (χ4n) is 2.63. The first kappa shape index (κ1) is 15.0. The molecule has 1 aliphatic heterocycles. The second-order valence-electron chi connectivity index (χ2n) is 5.33. The second-order valence-corrected chi connectivity index (χ2v) is 6.99. The van der Waals surface area contributed by atoms with E-state index in [4.69, 9.17) is 5.14 Å². The Kier molecular flexibility index (Phi) is 4.77. The van der Waals surface area contributed by atoms with Crippen molar-refractivity contribution in [2.75, 3.05) is 18.8 Å². The summed E-state index contributed by atoms with van der Waals surface area (Å²) in [7, 11) is -3.50. The van der Waals surface area contributed by atoms with Crippen LogP contribution < -0.4 is 5.14 Å². The van der Waals surface area contributed by atoms with Gasteiger partial charge in [-0.05, 0) is 18.4 Å². The molecule has 1 aliphatic rings. The molecule has 6 heteroatoms. The van der Waals surface area contributed by atoms with Crippen LogP contribution in [0.5, 0.6) is 0 Å². The van der Waals surface area contributed by atoms with Gasteiger partial charge in [0.2, 0.25) is 15.9 Å². The zero-order chi connectivity index (χ0) is 14.6. The van der Waals surface area contributed by atoms with Gasteiger partial charge in [0.05, 0.1) is 5.75 Å². The Bertz CT molecular complexity index is 557. The van der Waals surface area contributed by atoms with Gasteiger partial charge in [0.25, 0.3) is 0 Å². The Labute approximate surface area is 119 Å². The first-order valence-corrected chi connectivity index (χ1v) is 8.48. The summed E-state index contributed by atoms with van der Waals surface area (Å²) in [5.74, 6) is -0.227. The van der Waals surface area contributed by atoms with E-state index in [1.54, 1.807) is 4.90 Å². The molecule has 2 N–H and O–H groups in total. The van der Waals surface area contributed by atoms with Crippen LogP contribution in [0, 0.1) is 5.92 Å². The number of primary sulfonamides is 1. The fourth-order valence-corrected chi connectivity index (χ4v) is 3.51. The van der Waals surface area contributed by atoms with E-state index in [2.05, 4.69) is 12.1 Å². The lowest BCUT2D eigenvalue weighted by Gasteiger charge is -2.16. The molecule has 1 unspecified atom stereocenters. The molecule has 0 radical (unpaired) electrons. The third-order valence-electron chi connectivity index (χ3n) is 3.50. The number of rotatable bonds is 6. The van der Waals surface area contributed by atoms with Crippen LogP contribution in [0.1, 0.15) is 18.4 Å². The molecular formula is C14H20N2O3S. The molecule has 0 spiro atoms. The van der Waals surface area contributed by atoms with Gasteiger partial charge in [0.1, 0.15) is 0 Å². The highest BCUT2D eigenvalue weighted by Gasteiger charge is 2.31. The summed E-state index contributed by atoms with van der Waals surface area (Å²) in [5.41, 5.74) is 1.25. The lowest BCUT2D eigenvalue weighted by Crippen LogP contribution is -2.28. The first-order chi connectivity index (χ1) is 9.44. The van der Waals surface area contributed by atoms with Gasteiger partial charge in [-0.15, -0.1) is 0 Å². The maximum Gasteiger partial charge on any atom is 0.222 e. The molecule has 1 heterocycles. The van der Waals surface area contributed by atoms with Gasteiger partial charge >= 0.3 is 0 Å². The molecule has 0 bridgehead atoms. The minimum Gasteiger partial charge on any atom is -0.342 e. The highest BCUT2D eigenvalue weighted by atomic mass is 32.2. The van der Waals surface area contributed by atoms with E-state index in [1.807, 2.05) is 18.2 Å². The van der Waals surface area contributed by atoms with E-state index in [9.17, 15) is 13.2 Å². The topological polar surface area (TPSA) is 80.5 Å². The summed E-state index contributed by atoms with van der Waals surface area (Å²) in [6, 6.07) is 10.1. The molecule has 5 nitrogen and oxygen atoms in total. The Morgan fingerprint density at radius 3 is 2.60 bits per heavy atom. The van der Waals surface area contributed by atoms with Crippen molar-refractivity contribution in [3.63, 3.8) is 0 Å². The highest BCUT2D eigenvalue weighted by molar-refractivity contribution is 7.89. The minimum atomic E-state index is -3.50. The Hall–Kier alpha value is -1.40. The molecule has 20 heavy (non-hydrogen) atoms. The zero-order valence-electron chi connectivity index (χ0n) is 11.4. The first-order valence-electron chi connectivity index (χ1n) is 6.76. The van der Waals surface area contributed by atoms with Crippen LogP contribution >= 0.6 is 0 Å². The molecule has 0 aromatic heterocycles. The van der Waals surface area contributed by atoms with Crippen molar-refractivity contribution in [3.8, 4) is 0 Å². The van der Waals surface area contributed by atoms with Crippen molar-refractivity contribution in [1.82, 2.24) is 4.90 Å². The highest BCUT2D eigenvalue weighted by Crippen LogP contribution is 2.19. The summed E-state index contributed by atoms with van der Waals surface area (Å²) < 4.78 is 22.1. The van der Waals surface area contributed by atoms with Gasteiger partial charge in [-0.25, -0.2) is 13.6 Å². The van der Waals surface area contributed by atoms with Crippen LogP contribution in [0.2, 0.25) is 0 Å². The average Bonchev–Trinajstić information content (AvgIpc) is 2.68. The van der Waals surface area contributed by atoms with Gasteiger partial charge in [-0.1, -0.05) is 30.3 Å². The Morgan fingerprint density at radius 2 is 1.95 bits per heavy atom. The number of hydrogen-bond donors (Lipinski definition) is 1. The second kappa shape index (κ2) is 6.37. The van der Waals surface area contributed by atoms with Gasteiger partial charge in [-0.3, -0.25) is 4.79 Å². The van der Waals surface area contributed by atoms with Crippen molar-refractivity contribution in [2.24, 2.45) is 11.1 Å². The van der Waals surface area contributed by atoms with Crippen LogP contribution in [-0.2, 0) is 21.2 Å². The number of amides is 1. The predicted molar refractivity (Wildman–Crippen MR) is 77.4 cm³/mol. The summed E-state index contributed by atoms with van der Waals surface area (Å²) in [5, 5.41) is 5.02. The van der Waals surface area contributed by atoms with E-state index in [-0.39, 0.29) is 17.6 Å².